The van der Waals surface area contributed by atoms with E-state index in [2.05, 4.69) is 28.3 Å². The van der Waals surface area contributed by atoms with E-state index >= 15 is 0 Å². The summed E-state index contributed by atoms with van der Waals surface area (Å²) in [5.74, 6) is 0.899. The van der Waals surface area contributed by atoms with Crippen LogP contribution in [0, 0.1) is 0 Å². The SMILES string of the molecule is COc1ccc2c(c1)ncn2Cc1ccc(C(=O)N(C)[C@@H]2CCN(C(C)C)C2)cc1. The number of nitrogens with zero attached hydrogens (tertiary/aromatic N) is 4. The highest BCUT2D eigenvalue weighted by Crippen LogP contribution is 2.22. The zero-order valence-corrected chi connectivity index (χ0v) is 18.2. The van der Waals surface area contributed by atoms with Crippen LogP contribution >= 0.6 is 0 Å². The van der Waals surface area contributed by atoms with Gasteiger partial charge in [0.05, 0.1) is 24.5 Å². The number of ether oxygens (including phenoxy) is 1. The summed E-state index contributed by atoms with van der Waals surface area (Å²) in [6.45, 7) is 7.14. The lowest BCUT2D eigenvalue weighted by Gasteiger charge is -2.26. The molecule has 0 bridgehead atoms. The van der Waals surface area contributed by atoms with Crippen molar-refractivity contribution in [2.45, 2.75) is 38.9 Å². The molecular weight excluding hydrogens is 376 g/mol. The number of carbonyl (C=O) groups is 1. The van der Waals surface area contributed by atoms with E-state index in [0.29, 0.717) is 12.6 Å². The second-order valence-corrected chi connectivity index (χ2v) is 8.37. The number of rotatable bonds is 6. The minimum Gasteiger partial charge on any atom is -0.497 e. The zero-order chi connectivity index (χ0) is 21.3. The van der Waals surface area contributed by atoms with E-state index < -0.39 is 0 Å². The van der Waals surface area contributed by atoms with Gasteiger partial charge in [0, 0.05) is 50.4 Å². The molecule has 6 heteroatoms. The Bertz CT molecular complexity index is 1030. The Morgan fingerprint density at radius 1 is 1.23 bits per heavy atom. The molecule has 1 fully saturated rings. The maximum absolute atomic E-state index is 13.0. The predicted octanol–water partition coefficient (Wildman–Crippen LogP) is 3.65. The van der Waals surface area contributed by atoms with E-state index in [1.807, 2.05) is 60.7 Å². The van der Waals surface area contributed by atoms with E-state index in [1.165, 1.54) is 0 Å². The maximum Gasteiger partial charge on any atom is 0.253 e. The minimum absolute atomic E-state index is 0.0948. The smallest absolute Gasteiger partial charge is 0.253 e. The molecule has 0 spiro atoms. The first kappa shape index (κ1) is 20.4. The van der Waals surface area contributed by atoms with Gasteiger partial charge in [-0.2, -0.15) is 0 Å². The summed E-state index contributed by atoms with van der Waals surface area (Å²) in [5.41, 5.74) is 3.85. The normalized spacial score (nSPS) is 17.0. The van der Waals surface area contributed by atoms with Crippen molar-refractivity contribution in [3.05, 3.63) is 59.9 Å². The zero-order valence-electron chi connectivity index (χ0n) is 18.2. The lowest BCUT2D eigenvalue weighted by Crippen LogP contribution is -2.40. The number of benzene rings is 2. The summed E-state index contributed by atoms with van der Waals surface area (Å²) >= 11 is 0. The molecule has 1 amide bonds. The molecule has 1 aromatic heterocycles. The molecule has 0 unspecified atom stereocenters. The van der Waals surface area contributed by atoms with Crippen LogP contribution in [0.15, 0.2) is 48.8 Å². The Labute approximate surface area is 178 Å². The molecule has 0 radical (unpaired) electrons. The Hall–Kier alpha value is -2.86. The summed E-state index contributed by atoms with van der Waals surface area (Å²) < 4.78 is 7.38. The van der Waals surface area contributed by atoms with Crippen LogP contribution in [0.3, 0.4) is 0 Å². The standard InChI is InChI=1S/C24H30N4O2/c1-17(2)27-12-11-20(15-27)26(3)24(29)19-7-5-18(6-8-19)14-28-16-25-22-13-21(30-4)9-10-23(22)28/h5-10,13,16-17,20H,11-12,14-15H2,1-4H3/t20-/m1/s1. The fraction of sp³-hybridized carbons (Fsp3) is 0.417. The van der Waals surface area contributed by atoms with E-state index in [9.17, 15) is 4.79 Å². The molecule has 2 heterocycles. The van der Waals surface area contributed by atoms with Gasteiger partial charge in [-0.25, -0.2) is 4.98 Å². The van der Waals surface area contributed by atoms with Crippen molar-refractivity contribution in [1.29, 1.82) is 0 Å². The van der Waals surface area contributed by atoms with Gasteiger partial charge < -0.3 is 14.2 Å². The molecule has 0 N–H and O–H groups in total. The summed E-state index contributed by atoms with van der Waals surface area (Å²) in [6.07, 6.45) is 2.88. The number of methoxy groups -OCH3 is 1. The topological polar surface area (TPSA) is 50.6 Å². The highest BCUT2D eigenvalue weighted by molar-refractivity contribution is 5.94. The fourth-order valence-electron chi connectivity index (χ4n) is 4.17. The molecule has 0 saturated carbocycles. The number of aromatic nitrogens is 2. The van der Waals surface area contributed by atoms with E-state index in [-0.39, 0.29) is 11.9 Å². The van der Waals surface area contributed by atoms with Crippen LogP contribution in [0.4, 0.5) is 0 Å². The third kappa shape index (κ3) is 4.05. The van der Waals surface area contributed by atoms with Crippen molar-refractivity contribution >= 4 is 16.9 Å². The van der Waals surface area contributed by atoms with Gasteiger partial charge in [-0.3, -0.25) is 9.69 Å². The molecular formula is C24H30N4O2. The third-order valence-electron chi connectivity index (χ3n) is 6.18. The summed E-state index contributed by atoms with van der Waals surface area (Å²) in [5, 5.41) is 0. The van der Waals surface area contributed by atoms with Gasteiger partial charge in [-0.15, -0.1) is 0 Å². The fourth-order valence-corrected chi connectivity index (χ4v) is 4.17. The minimum atomic E-state index is 0.0948. The van der Waals surface area contributed by atoms with Crippen molar-refractivity contribution in [3.8, 4) is 5.75 Å². The number of likely N-dealkylation sites (tertiary alicyclic amines) is 1. The number of fused-ring (bicyclic) bond motifs is 1. The van der Waals surface area contributed by atoms with Gasteiger partial charge in [-0.1, -0.05) is 12.1 Å². The van der Waals surface area contributed by atoms with Gasteiger partial charge in [0.15, 0.2) is 0 Å². The average molecular weight is 407 g/mol. The molecule has 158 valence electrons. The maximum atomic E-state index is 13.0. The van der Waals surface area contributed by atoms with Crippen LogP contribution in [-0.2, 0) is 6.54 Å². The summed E-state index contributed by atoms with van der Waals surface area (Å²) in [7, 11) is 3.59. The summed E-state index contributed by atoms with van der Waals surface area (Å²) in [6, 6.07) is 14.7. The van der Waals surface area contributed by atoms with Gasteiger partial charge >= 0.3 is 0 Å². The number of amides is 1. The van der Waals surface area contributed by atoms with Gasteiger partial charge in [-0.05, 0) is 50.1 Å². The van der Waals surface area contributed by atoms with Gasteiger partial charge in [0.2, 0.25) is 0 Å². The lowest BCUT2D eigenvalue weighted by atomic mass is 10.1. The first-order valence-electron chi connectivity index (χ1n) is 10.6. The van der Waals surface area contributed by atoms with Crippen LogP contribution < -0.4 is 4.74 Å². The van der Waals surface area contributed by atoms with E-state index in [4.69, 9.17) is 4.74 Å². The highest BCUT2D eigenvalue weighted by atomic mass is 16.5. The van der Waals surface area contributed by atoms with Crippen LogP contribution in [0.2, 0.25) is 0 Å². The molecule has 1 aliphatic rings. The van der Waals surface area contributed by atoms with Gasteiger partial charge in [0.1, 0.15) is 5.75 Å². The molecule has 0 aliphatic carbocycles. The molecule has 6 nitrogen and oxygen atoms in total. The van der Waals surface area contributed by atoms with E-state index in [1.54, 1.807) is 7.11 Å². The molecule has 4 rings (SSSR count). The van der Waals surface area contributed by atoms with Gasteiger partial charge in [0.25, 0.3) is 5.91 Å². The second kappa shape index (κ2) is 8.48. The number of imidazole rings is 1. The average Bonchev–Trinajstić information content (AvgIpc) is 3.41. The quantitative estimate of drug-likeness (QED) is 0.627. The first-order chi connectivity index (χ1) is 14.5. The monoisotopic (exact) mass is 406 g/mol. The Balaban J connectivity index is 1.43. The predicted molar refractivity (Wildman–Crippen MR) is 119 cm³/mol. The first-order valence-corrected chi connectivity index (χ1v) is 10.6. The Morgan fingerprint density at radius 3 is 2.67 bits per heavy atom. The number of carbonyl (C=O) groups excluding carboxylic acids is 1. The molecule has 1 atom stereocenters. The number of hydrogen-bond donors (Lipinski definition) is 0. The Kier molecular flexibility index (Phi) is 5.77. The van der Waals surface area contributed by atoms with Crippen molar-refractivity contribution in [1.82, 2.24) is 19.4 Å². The molecule has 3 aromatic rings. The second-order valence-electron chi connectivity index (χ2n) is 8.37. The third-order valence-corrected chi connectivity index (χ3v) is 6.18. The summed E-state index contributed by atoms with van der Waals surface area (Å²) in [4.78, 5) is 21.8. The number of likely N-dealkylation sites (N-methyl/N-ethyl adjacent to an activating group) is 1. The van der Waals surface area contributed by atoms with Crippen molar-refractivity contribution in [2.75, 3.05) is 27.2 Å². The molecule has 1 aliphatic heterocycles. The lowest BCUT2D eigenvalue weighted by molar-refractivity contribution is 0.0732. The van der Waals surface area contributed by atoms with Crippen LogP contribution in [0.1, 0.15) is 36.2 Å². The van der Waals surface area contributed by atoms with Crippen LogP contribution in [-0.4, -0.2) is 64.6 Å². The van der Waals surface area contributed by atoms with Crippen molar-refractivity contribution in [2.24, 2.45) is 0 Å². The van der Waals surface area contributed by atoms with Crippen molar-refractivity contribution < 1.29 is 9.53 Å². The molecule has 2 aromatic carbocycles. The molecule has 30 heavy (non-hydrogen) atoms. The largest absolute Gasteiger partial charge is 0.497 e. The Morgan fingerprint density at radius 2 is 2.00 bits per heavy atom. The molecule has 1 saturated heterocycles. The van der Waals surface area contributed by atoms with Crippen LogP contribution in [0.25, 0.3) is 11.0 Å². The highest BCUT2D eigenvalue weighted by Gasteiger charge is 2.29. The van der Waals surface area contributed by atoms with Crippen molar-refractivity contribution in [3.63, 3.8) is 0 Å². The van der Waals surface area contributed by atoms with Crippen LogP contribution in [0.5, 0.6) is 5.75 Å². The number of hydrogen-bond acceptors (Lipinski definition) is 4. The van der Waals surface area contributed by atoms with E-state index in [0.717, 1.165) is 47.4 Å².